The fraction of sp³-hybridized carbons (Fsp3) is 0.444. The predicted octanol–water partition coefficient (Wildman–Crippen LogP) is 3.21. The van der Waals surface area contributed by atoms with E-state index < -0.39 is 0 Å². The van der Waals surface area contributed by atoms with E-state index in [1.54, 1.807) is 17.1 Å². The second-order valence-corrected chi connectivity index (χ2v) is 6.94. The monoisotopic (exact) mass is 382 g/mol. The zero-order valence-electron chi connectivity index (χ0n) is 14.3. The number of nitrogens with zero attached hydrogens (tertiary/aromatic N) is 3. The molecule has 2 N–H and O–H groups in total. The molecule has 1 aliphatic rings. The summed E-state index contributed by atoms with van der Waals surface area (Å²) in [4.78, 5) is 14.7. The van der Waals surface area contributed by atoms with Gasteiger partial charge in [-0.15, -0.1) is 12.4 Å². The molecule has 7 heteroatoms. The summed E-state index contributed by atoms with van der Waals surface area (Å²) >= 11 is 6.19. The Morgan fingerprint density at radius 1 is 1.40 bits per heavy atom. The van der Waals surface area contributed by atoms with E-state index in [1.165, 1.54) is 0 Å². The van der Waals surface area contributed by atoms with Crippen molar-refractivity contribution in [3.05, 3.63) is 52.8 Å². The van der Waals surface area contributed by atoms with Gasteiger partial charge in [-0.25, -0.2) is 0 Å². The van der Waals surface area contributed by atoms with Crippen molar-refractivity contribution in [1.82, 2.24) is 14.7 Å². The molecule has 0 aliphatic carbocycles. The highest BCUT2D eigenvalue weighted by molar-refractivity contribution is 6.31. The number of aromatic nitrogens is 2. The quantitative estimate of drug-likeness (QED) is 0.882. The zero-order valence-corrected chi connectivity index (χ0v) is 15.8. The van der Waals surface area contributed by atoms with Gasteiger partial charge in [0.2, 0.25) is 0 Å². The molecule has 1 saturated heterocycles. The van der Waals surface area contributed by atoms with Crippen LogP contribution in [-0.4, -0.2) is 39.7 Å². The molecule has 5 nitrogen and oxygen atoms in total. The molecule has 1 amide bonds. The fourth-order valence-electron chi connectivity index (χ4n) is 3.27. The molecule has 1 aromatic heterocycles. The highest BCUT2D eigenvalue weighted by Gasteiger charge is 2.30. The second kappa shape index (κ2) is 8.70. The second-order valence-electron chi connectivity index (χ2n) is 6.54. The minimum atomic E-state index is 0. The van der Waals surface area contributed by atoms with Gasteiger partial charge >= 0.3 is 0 Å². The summed E-state index contributed by atoms with van der Waals surface area (Å²) in [6, 6.07) is 7.77. The molecule has 0 saturated carbocycles. The SMILES string of the molecule is CC1CCN(C(=O)c2cnn(Cc3ccccc3Cl)c2)C(CN)C1.Cl. The Labute approximate surface area is 159 Å². The van der Waals surface area contributed by atoms with Crippen LogP contribution in [0.25, 0.3) is 0 Å². The number of piperidine rings is 1. The van der Waals surface area contributed by atoms with Gasteiger partial charge in [0, 0.05) is 30.4 Å². The number of hydrogen-bond acceptors (Lipinski definition) is 3. The number of carbonyl (C=O) groups excluding carboxylic acids is 1. The third-order valence-electron chi connectivity index (χ3n) is 4.68. The van der Waals surface area contributed by atoms with Crippen molar-refractivity contribution >= 4 is 29.9 Å². The first-order chi connectivity index (χ1) is 11.6. The van der Waals surface area contributed by atoms with Gasteiger partial charge in [0.1, 0.15) is 0 Å². The van der Waals surface area contributed by atoms with E-state index in [-0.39, 0.29) is 24.4 Å². The molecule has 136 valence electrons. The van der Waals surface area contributed by atoms with E-state index in [0.29, 0.717) is 29.6 Å². The molecule has 1 aliphatic heterocycles. The number of benzene rings is 1. The molecule has 0 spiro atoms. The van der Waals surface area contributed by atoms with E-state index in [2.05, 4.69) is 12.0 Å². The summed E-state index contributed by atoms with van der Waals surface area (Å²) in [5, 5.41) is 5.02. The molecule has 2 heterocycles. The van der Waals surface area contributed by atoms with Crippen LogP contribution in [0.4, 0.5) is 0 Å². The molecule has 2 atom stereocenters. The number of rotatable bonds is 4. The molecule has 0 radical (unpaired) electrons. The first-order valence-corrected chi connectivity index (χ1v) is 8.73. The maximum atomic E-state index is 12.8. The summed E-state index contributed by atoms with van der Waals surface area (Å²) in [6.07, 6.45) is 5.41. The van der Waals surface area contributed by atoms with Crippen LogP contribution in [0.3, 0.4) is 0 Å². The maximum Gasteiger partial charge on any atom is 0.257 e. The van der Waals surface area contributed by atoms with Crippen LogP contribution < -0.4 is 5.73 Å². The summed E-state index contributed by atoms with van der Waals surface area (Å²) in [6.45, 7) is 4.03. The standard InChI is InChI=1S/C18H23ClN4O.ClH/c1-13-6-7-23(16(8-13)9-20)18(24)15-10-21-22(12-15)11-14-4-2-3-5-17(14)19;/h2-5,10,12-13,16H,6-9,11,20H2,1H3;1H. The minimum absolute atomic E-state index is 0. The molecular formula is C18H24Cl2N4O. The van der Waals surface area contributed by atoms with Gasteiger partial charge in [-0.2, -0.15) is 5.10 Å². The number of nitrogens with two attached hydrogens (primary N) is 1. The molecule has 1 aromatic carbocycles. The Morgan fingerprint density at radius 2 is 2.16 bits per heavy atom. The van der Waals surface area contributed by atoms with Crippen molar-refractivity contribution in [3.63, 3.8) is 0 Å². The first-order valence-electron chi connectivity index (χ1n) is 8.35. The first kappa shape index (κ1) is 19.8. The Kier molecular flexibility index (Phi) is 6.87. The lowest BCUT2D eigenvalue weighted by Crippen LogP contribution is -2.49. The van der Waals surface area contributed by atoms with E-state index in [1.807, 2.05) is 29.2 Å². The van der Waals surface area contributed by atoms with Crippen molar-refractivity contribution in [1.29, 1.82) is 0 Å². The van der Waals surface area contributed by atoms with E-state index >= 15 is 0 Å². The smallest absolute Gasteiger partial charge is 0.257 e. The maximum absolute atomic E-state index is 12.8. The number of amides is 1. The summed E-state index contributed by atoms with van der Waals surface area (Å²) < 4.78 is 1.75. The van der Waals surface area contributed by atoms with Gasteiger partial charge < -0.3 is 10.6 Å². The number of carbonyl (C=O) groups is 1. The van der Waals surface area contributed by atoms with Crippen molar-refractivity contribution in [2.45, 2.75) is 32.4 Å². The van der Waals surface area contributed by atoms with Crippen LogP contribution in [0.2, 0.25) is 5.02 Å². The molecule has 3 rings (SSSR count). The third-order valence-corrected chi connectivity index (χ3v) is 5.05. The topological polar surface area (TPSA) is 64.2 Å². The average molecular weight is 383 g/mol. The Bertz CT molecular complexity index is 719. The molecule has 2 aromatic rings. The van der Waals surface area contributed by atoms with Gasteiger partial charge in [0.25, 0.3) is 5.91 Å². The van der Waals surface area contributed by atoms with Crippen LogP contribution in [0.5, 0.6) is 0 Å². The van der Waals surface area contributed by atoms with Crippen molar-refractivity contribution in [2.75, 3.05) is 13.1 Å². The lowest BCUT2D eigenvalue weighted by atomic mass is 9.92. The van der Waals surface area contributed by atoms with E-state index in [9.17, 15) is 4.79 Å². The van der Waals surface area contributed by atoms with Crippen LogP contribution in [-0.2, 0) is 6.54 Å². The van der Waals surface area contributed by atoms with Crippen LogP contribution in [0.1, 0.15) is 35.7 Å². The predicted molar refractivity (Wildman–Crippen MR) is 102 cm³/mol. The lowest BCUT2D eigenvalue weighted by Gasteiger charge is -2.37. The van der Waals surface area contributed by atoms with Gasteiger partial charge in [0.15, 0.2) is 0 Å². The number of halogens is 2. The third kappa shape index (κ3) is 4.54. The molecule has 25 heavy (non-hydrogen) atoms. The van der Waals surface area contributed by atoms with Gasteiger partial charge in [-0.3, -0.25) is 9.48 Å². The Hall–Kier alpha value is -1.56. The Morgan fingerprint density at radius 3 is 2.88 bits per heavy atom. The largest absolute Gasteiger partial charge is 0.334 e. The minimum Gasteiger partial charge on any atom is -0.334 e. The van der Waals surface area contributed by atoms with E-state index in [0.717, 1.165) is 24.9 Å². The van der Waals surface area contributed by atoms with Gasteiger partial charge in [-0.1, -0.05) is 36.7 Å². The van der Waals surface area contributed by atoms with Crippen LogP contribution >= 0.6 is 24.0 Å². The van der Waals surface area contributed by atoms with Gasteiger partial charge in [-0.05, 0) is 30.4 Å². The summed E-state index contributed by atoms with van der Waals surface area (Å²) in [7, 11) is 0. The van der Waals surface area contributed by atoms with E-state index in [4.69, 9.17) is 17.3 Å². The highest BCUT2D eigenvalue weighted by Crippen LogP contribution is 2.24. The van der Waals surface area contributed by atoms with Crippen LogP contribution in [0, 0.1) is 5.92 Å². The molecular weight excluding hydrogens is 359 g/mol. The molecule has 2 unspecified atom stereocenters. The average Bonchev–Trinajstić information content (AvgIpc) is 3.05. The number of likely N-dealkylation sites (tertiary alicyclic amines) is 1. The van der Waals surface area contributed by atoms with Crippen molar-refractivity contribution in [2.24, 2.45) is 11.7 Å². The zero-order chi connectivity index (χ0) is 17.1. The summed E-state index contributed by atoms with van der Waals surface area (Å²) in [5.74, 6) is 0.633. The summed E-state index contributed by atoms with van der Waals surface area (Å²) in [5.41, 5.74) is 7.45. The molecule has 0 bridgehead atoms. The molecule has 1 fully saturated rings. The van der Waals surface area contributed by atoms with Crippen LogP contribution in [0.15, 0.2) is 36.7 Å². The normalized spacial score (nSPS) is 20.2. The van der Waals surface area contributed by atoms with Crippen molar-refractivity contribution < 1.29 is 4.79 Å². The number of hydrogen-bond donors (Lipinski definition) is 1. The van der Waals surface area contributed by atoms with Crippen molar-refractivity contribution in [3.8, 4) is 0 Å². The fourth-order valence-corrected chi connectivity index (χ4v) is 3.47. The lowest BCUT2D eigenvalue weighted by molar-refractivity contribution is 0.0573. The van der Waals surface area contributed by atoms with Gasteiger partial charge in [0.05, 0.1) is 18.3 Å². The Balaban J connectivity index is 0.00000225. The highest BCUT2D eigenvalue weighted by atomic mass is 35.5.